The average molecular weight is 483 g/mol. The van der Waals surface area contributed by atoms with Crippen LogP contribution in [0.2, 0.25) is 0 Å². The number of ether oxygens (including phenoxy) is 3. The number of hydrogen-bond donors (Lipinski definition) is 1. The number of aromatic nitrogens is 1. The number of piperidine rings is 1. The quantitative estimate of drug-likeness (QED) is 0.531. The van der Waals surface area contributed by atoms with Crippen LogP contribution in [0.5, 0.6) is 11.5 Å². The number of rotatable bonds is 4. The summed E-state index contributed by atoms with van der Waals surface area (Å²) in [4.78, 5) is 16.9. The van der Waals surface area contributed by atoms with Crippen LogP contribution < -0.4 is 14.8 Å². The summed E-state index contributed by atoms with van der Waals surface area (Å²) in [7, 11) is 1.68. The third kappa shape index (κ3) is 4.16. The normalized spacial score (nSPS) is 23.6. The molecular weight excluding hydrogens is 452 g/mol. The minimum atomic E-state index is -0.542. The van der Waals surface area contributed by atoms with Gasteiger partial charge in [0.25, 0.3) is 0 Å². The van der Waals surface area contributed by atoms with Crippen LogP contribution in [-0.2, 0) is 28.2 Å². The number of nitrogens with zero attached hydrogens (tertiary/aromatic N) is 1. The van der Waals surface area contributed by atoms with Crippen molar-refractivity contribution in [3.8, 4) is 11.5 Å². The van der Waals surface area contributed by atoms with E-state index in [1.54, 1.807) is 7.11 Å². The molecule has 0 radical (unpaired) electrons. The Hall–Kier alpha value is -3.64. The lowest BCUT2D eigenvalue weighted by Crippen LogP contribution is -2.52. The number of benzene rings is 2. The van der Waals surface area contributed by atoms with E-state index < -0.39 is 5.60 Å². The maximum absolute atomic E-state index is 12.3. The van der Waals surface area contributed by atoms with Gasteiger partial charge < -0.3 is 19.5 Å². The van der Waals surface area contributed by atoms with Gasteiger partial charge >= 0.3 is 5.97 Å². The first-order chi connectivity index (χ1) is 17.6. The minimum Gasteiger partial charge on any atom is -0.497 e. The zero-order chi connectivity index (χ0) is 24.5. The first-order valence-electron chi connectivity index (χ1n) is 12.6. The van der Waals surface area contributed by atoms with E-state index >= 15 is 0 Å². The number of fused-ring (bicyclic) bond motifs is 4. The van der Waals surface area contributed by atoms with Gasteiger partial charge in [0, 0.05) is 35.5 Å². The van der Waals surface area contributed by atoms with Crippen molar-refractivity contribution in [2.75, 3.05) is 13.7 Å². The number of allylic oxidation sites excluding steroid dienone is 1. The molecule has 0 saturated carbocycles. The number of hydrogen-bond acceptors (Lipinski definition) is 6. The van der Waals surface area contributed by atoms with Crippen molar-refractivity contribution < 1.29 is 19.0 Å². The number of carbonyl (C=O) groups excluding carboxylic acids is 1. The van der Waals surface area contributed by atoms with Crippen LogP contribution in [0.3, 0.4) is 0 Å². The Morgan fingerprint density at radius 2 is 2.08 bits per heavy atom. The molecule has 36 heavy (non-hydrogen) atoms. The van der Waals surface area contributed by atoms with Crippen molar-refractivity contribution >= 4 is 11.5 Å². The molecule has 1 aromatic heterocycles. The molecular formula is C30H30N2O4. The van der Waals surface area contributed by atoms with Crippen molar-refractivity contribution in [1.82, 2.24) is 10.3 Å². The summed E-state index contributed by atoms with van der Waals surface area (Å²) < 4.78 is 17.5. The SMILES string of the molecule is COc1ccc2c(c1)/C(=C/CCC1CCC3(CN1)OC(=O)Cc1ccccc13)c1cccnc1CO2. The van der Waals surface area contributed by atoms with Crippen molar-refractivity contribution in [3.63, 3.8) is 0 Å². The maximum Gasteiger partial charge on any atom is 0.311 e. The van der Waals surface area contributed by atoms with Crippen molar-refractivity contribution in [3.05, 3.63) is 94.8 Å². The van der Waals surface area contributed by atoms with E-state index in [4.69, 9.17) is 14.2 Å². The second-order valence-corrected chi connectivity index (χ2v) is 9.76. The second kappa shape index (κ2) is 9.43. The number of esters is 1. The van der Waals surface area contributed by atoms with Gasteiger partial charge in [-0.2, -0.15) is 0 Å². The first kappa shape index (κ1) is 22.8. The van der Waals surface area contributed by atoms with E-state index in [-0.39, 0.29) is 5.97 Å². The molecule has 3 aromatic rings. The summed E-state index contributed by atoms with van der Waals surface area (Å²) in [6, 6.07) is 18.6. The van der Waals surface area contributed by atoms with E-state index in [2.05, 4.69) is 28.5 Å². The highest BCUT2D eigenvalue weighted by Crippen LogP contribution is 2.41. The predicted molar refractivity (Wildman–Crippen MR) is 137 cm³/mol. The lowest BCUT2D eigenvalue weighted by atomic mass is 9.79. The van der Waals surface area contributed by atoms with Gasteiger partial charge in [-0.1, -0.05) is 36.4 Å². The fraction of sp³-hybridized carbons (Fsp3) is 0.333. The number of nitrogens with one attached hydrogen (secondary N) is 1. The number of methoxy groups -OCH3 is 1. The van der Waals surface area contributed by atoms with Crippen LogP contribution in [0.25, 0.3) is 5.57 Å². The van der Waals surface area contributed by atoms with E-state index in [0.717, 1.165) is 70.7 Å². The Morgan fingerprint density at radius 1 is 1.17 bits per heavy atom. The predicted octanol–water partition coefficient (Wildman–Crippen LogP) is 4.94. The van der Waals surface area contributed by atoms with Gasteiger partial charge in [0.05, 0.1) is 19.2 Å². The monoisotopic (exact) mass is 482 g/mol. The Morgan fingerprint density at radius 3 is 2.94 bits per heavy atom. The smallest absolute Gasteiger partial charge is 0.311 e. The number of carbonyl (C=O) groups is 1. The molecule has 4 heterocycles. The van der Waals surface area contributed by atoms with Crippen LogP contribution in [0, 0.1) is 0 Å². The molecule has 6 rings (SSSR count). The molecule has 0 amide bonds. The topological polar surface area (TPSA) is 69.7 Å². The summed E-state index contributed by atoms with van der Waals surface area (Å²) >= 11 is 0. The molecule has 0 aliphatic carbocycles. The highest BCUT2D eigenvalue weighted by atomic mass is 16.6. The second-order valence-electron chi connectivity index (χ2n) is 9.76. The average Bonchev–Trinajstić information content (AvgIpc) is 3.06. The zero-order valence-electron chi connectivity index (χ0n) is 20.5. The Balaban J connectivity index is 1.20. The van der Waals surface area contributed by atoms with Crippen LogP contribution in [0.1, 0.15) is 53.6 Å². The number of pyridine rings is 1. The van der Waals surface area contributed by atoms with Crippen LogP contribution >= 0.6 is 0 Å². The van der Waals surface area contributed by atoms with Gasteiger partial charge in [0.1, 0.15) is 23.7 Å². The minimum absolute atomic E-state index is 0.129. The maximum atomic E-state index is 12.3. The first-order valence-corrected chi connectivity index (χ1v) is 12.6. The van der Waals surface area contributed by atoms with Crippen molar-refractivity contribution in [2.45, 2.75) is 50.4 Å². The van der Waals surface area contributed by atoms with Gasteiger partial charge in [-0.15, -0.1) is 0 Å². The zero-order valence-corrected chi connectivity index (χ0v) is 20.5. The molecule has 2 atom stereocenters. The highest BCUT2D eigenvalue weighted by Gasteiger charge is 2.44. The summed E-state index contributed by atoms with van der Waals surface area (Å²) in [5, 5.41) is 3.68. The fourth-order valence-electron chi connectivity index (χ4n) is 5.76. The lowest BCUT2D eigenvalue weighted by molar-refractivity contribution is -0.166. The van der Waals surface area contributed by atoms with Gasteiger partial charge in [0.2, 0.25) is 0 Å². The molecule has 1 saturated heterocycles. The Bertz CT molecular complexity index is 1320. The van der Waals surface area contributed by atoms with Gasteiger partial charge in [-0.25, -0.2) is 0 Å². The van der Waals surface area contributed by atoms with Crippen LogP contribution in [0.4, 0.5) is 0 Å². The lowest BCUT2D eigenvalue weighted by Gasteiger charge is -2.43. The Labute approximate surface area is 211 Å². The van der Waals surface area contributed by atoms with Gasteiger partial charge in [-0.3, -0.25) is 9.78 Å². The summed E-state index contributed by atoms with van der Waals surface area (Å²) in [5.41, 5.74) is 5.91. The highest BCUT2D eigenvalue weighted by molar-refractivity contribution is 5.85. The third-order valence-corrected chi connectivity index (χ3v) is 7.61. The third-order valence-electron chi connectivity index (χ3n) is 7.61. The molecule has 3 aliphatic rings. The molecule has 0 bridgehead atoms. The molecule has 6 heteroatoms. The molecule has 6 nitrogen and oxygen atoms in total. The van der Waals surface area contributed by atoms with E-state index in [1.165, 1.54) is 0 Å². The summed E-state index contributed by atoms with van der Waals surface area (Å²) in [5.74, 6) is 1.52. The largest absolute Gasteiger partial charge is 0.497 e. The van der Waals surface area contributed by atoms with Gasteiger partial charge in [-0.05, 0) is 61.1 Å². The van der Waals surface area contributed by atoms with E-state index in [0.29, 0.717) is 25.6 Å². The van der Waals surface area contributed by atoms with E-state index in [9.17, 15) is 4.79 Å². The molecule has 1 fully saturated rings. The van der Waals surface area contributed by atoms with E-state index in [1.807, 2.05) is 48.7 Å². The van der Waals surface area contributed by atoms with Gasteiger partial charge in [0.15, 0.2) is 0 Å². The summed E-state index contributed by atoms with van der Waals surface area (Å²) in [6.07, 6.45) is 8.17. The molecule has 3 aliphatic heterocycles. The van der Waals surface area contributed by atoms with Crippen molar-refractivity contribution in [1.29, 1.82) is 0 Å². The molecule has 1 N–H and O–H groups in total. The van der Waals surface area contributed by atoms with Crippen LogP contribution in [-0.4, -0.2) is 30.6 Å². The standard InChI is InChI=1S/C30H30N2O4/c1-34-22-11-12-28-25(17-22)23(24-9-5-15-31-27(24)18-35-28)8-4-7-21-13-14-30(19-32-21)26-10-3-2-6-20(26)16-29(33)36-30/h2-3,5-6,8-12,15,17,21,32H,4,7,13-14,16,18-19H2,1H3/b23-8+. The fourth-order valence-corrected chi connectivity index (χ4v) is 5.76. The molecule has 2 aromatic carbocycles. The Kier molecular flexibility index (Phi) is 5.97. The van der Waals surface area contributed by atoms with Crippen molar-refractivity contribution in [2.24, 2.45) is 0 Å². The molecule has 184 valence electrons. The molecule has 1 spiro atoms. The molecule has 2 unspecified atom stereocenters. The summed E-state index contributed by atoms with van der Waals surface area (Å²) in [6.45, 7) is 1.09. The van der Waals surface area contributed by atoms with Crippen LogP contribution in [0.15, 0.2) is 66.9 Å².